The number of aromatic nitrogens is 1. The molecular weight excluding hydrogens is 401 g/mol. The van der Waals surface area contributed by atoms with Crippen LogP contribution in [0, 0.1) is 0 Å². The van der Waals surface area contributed by atoms with Gasteiger partial charge in [0.2, 0.25) is 0 Å². The van der Waals surface area contributed by atoms with E-state index < -0.39 is 18.1 Å². The maximum Gasteiger partial charge on any atom is 0.573 e. The van der Waals surface area contributed by atoms with Gasteiger partial charge in [0.05, 0.1) is 12.3 Å². The minimum atomic E-state index is -4.94. The van der Waals surface area contributed by atoms with E-state index in [2.05, 4.69) is 15.0 Å². The van der Waals surface area contributed by atoms with E-state index >= 15 is 0 Å². The van der Waals surface area contributed by atoms with Gasteiger partial charge in [0.15, 0.2) is 5.75 Å². The van der Waals surface area contributed by atoms with Crippen LogP contribution in [0.5, 0.6) is 11.5 Å². The van der Waals surface area contributed by atoms with Crippen molar-refractivity contribution in [2.75, 3.05) is 11.9 Å². The van der Waals surface area contributed by atoms with Crippen LogP contribution in [0.3, 0.4) is 0 Å². The Kier molecular flexibility index (Phi) is 6.10. The Morgan fingerprint density at radius 3 is 2.57 bits per heavy atom. The quantitative estimate of drug-likeness (QED) is 0.528. The van der Waals surface area contributed by atoms with Crippen molar-refractivity contribution in [2.24, 2.45) is 0 Å². The number of rotatable bonds is 7. The lowest BCUT2D eigenvalue weighted by Crippen LogP contribution is -2.18. The number of hydrogen-bond donors (Lipinski definition) is 2. The first-order valence-corrected chi connectivity index (χ1v) is 8.85. The largest absolute Gasteiger partial charge is 0.573 e. The summed E-state index contributed by atoms with van der Waals surface area (Å²) >= 11 is 0. The van der Waals surface area contributed by atoms with Crippen LogP contribution in [0.15, 0.2) is 60.8 Å². The molecule has 0 saturated heterocycles. The number of benzene rings is 2. The standard InChI is InChI=1S/C21H17F3N2O4/c1-2-29-15-6-3-5-13(11-15)14-8-9-17(18(12-14)30-21(22,23)24)26-19-16(20(27)28)7-4-10-25-19/h3-12H,2H2,1H3,(H,25,26)(H,27,28). The number of alkyl halides is 3. The Hall–Kier alpha value is -3.75. The highest BCUT2D eigenvalue weighted by molar-refractivity contribution is 5.94. The van der Waals surface area contributed by atoms with Crippen LogP contribution >= 0.6 is 0 Å². The number of nitrogens with one attached hydrogen (secondary N) is 1. The SMILES string of the molecule is CCOc1cccc(-c2ccc(Nc3ncccc3C(=O)O)c(OC(F)(F)F)c2)c1. The van der Waals surface area contributed by atoms with Gasteiger partial charge in [0.25, 0.3) is 0 Å². The van der Waals surface area contributed by atoms with Crippen LogP contribution in [0.2, 0.25) is 0 Å². The molecule has 0 radical (unpaired) electrons. The summed E-state index contributed by atoms with van der Waals surface area (Å²) in [5.41, 5.74) is 0.812. The third-order valence-corrected chi connectivity index (χ3v) is 3.98. The summed E-state index contributed by atoms with van der Waals surface area (Å²) < 4.78 is 48.6. The summed E-state index contributed by atoms with van der Waals surface area (Å²) in [6, 6.07) is 13.8. The highest BCUT2D eigenvalue weighted by Crippen LogP contribution is 2.37. The average Bonchev–Trinajstić information content (AvgIpc) is 2.69. The van der Waals surface area contributed by atoms with Crippen molar-refractivity contribution in [3.63, 3.8) is 0 Å². The molecule has 0 bridgehead atoms. The van der Waals surface area contributed by atoms with E-state index in [1.807, 2.05) is 6.92 Å². The lowest BCUT2D eigenvalue weighted by molar-refractivity contribution is -0.274. The van der Waals surface area contributed by atoms with Gasteiger partial charge in [-0.15, -0.1) is 13.2 Å². The molecule has 1 heterocycles. The number of halogens is 3. The van der Waals surface area contributed by atoms with E-state index in [0.717, 1.165) is 0 Å². The van der Waals surface area contributed by atoms with Crippen LogP contribution in [0.1, 0.15) is 17.3 Å². The molecule has 0 aliphatic carbocycles. The smallest absolute Gasteiger partial charge is 0.494 e. The van der Waals surface area contributed by atoms with E-state index in [1.165, 1.54) is 30.5 Å². The van der Waals surface area contributed by atoms with E-state index in [9.17, 15) is 23.1 Å². The second kappa shape index (κ2) is 8.73. The second-order valence-corrected chi connectivity index (χ2v) is 6.05. The molecule has 2 N–H and O–H groups in total. The van der Waals surface area contributed by atoms with Crippen molar-refractivity contribution in [1.29, 1.82) is 0 Å². The molecule has 0 unspecified atom stereocenters. The average molecular weight is 418 g/mol. The zero-order chi connectivity index (χ0) is 21.7. The number of carboxylic acids is 1. The van der Waals surface area contributed by atoms with Gasteiger partial charge in [-0.1, -0.05) is 18.2 Å². The highest BCUT2D eigenvalue weighted by atomic mass is 19.4. The maximum absolute atomic E-state index is 13.0. The molecule has 0 aliphatic rings. The molecule has 0 atom stereocenters. The van der Waals surface area contributed by atoms with Crippen LogP contribution in [-0.2, 0) is 0 Å². The fourth-order valence-corrected chi connectivity index (χ4v) is 2.75. The van der Waals surface area contributed by atoms with Crippen molar-refractivity contribution in [3.05, 3.63) is 66.4 Å². The number of anilines is 2. The zero-order valence-corrected chi connectivity index (χ0v) is 15.7. The van der Waals surface area contributed by atoms with Crippen molar-refractivity contribution in [3.8, 4) is 22.6 Å². The normalized spacial score (nSPS) is 11.1. The van der Waals surface area contributed by atoms with Crippen molar-refractivity contribution < 1.29 is 32.5 Å². The predicted molar refractivity (Wildman–Crippen MR) is 104 cm³/mol. The first-order chi connectivity index (χ1) is 14.3. The Morgan fingerprint density at radius 1 is 1.10 bits per heavy atom. The zero-order valence-electron chi connectivity index (χ0n) is 15.7. The first-order valence-electron chi connectivity index (χ1n) is 8.85. The third-order valence-electron chi connectivity index (χ3n) is 3.98. The molecule has 30 heavy (non-hydrogen) atoms. The second-order valence-electron chi connectivity index (χ2n) is 6.05. The van der Waals surface area contributed by atoms with Gasteiger partial charge in [0, 0.05) is 6.20 Å². The van der Waals surface area contributed by atoms with Gasteiger partial charge in [0.1, 0.15) is 17.1 Å². The van der Waals surface area contributed by atoms with E-state index in [0.29, 0.717) is 23.5 Å². The molecule has 3 aromatic rings. The molecule has 1 aromatic heterocycles. The molecule has 0 saturated carbocycles. The molecule has 0 spiro atoms. The predicted octanol–water partition coefficient (Wildman–Crippen LogP) is 5.49. The van der Waals surface area contributed by atoms with Crippen molar-refractivity contribution in [1.82, 2.24) is 4.98 Å². The third kappa shape index (κ3) is 5.19. The molecule has 156 valence electrons. The summed E-state index contributed by atoms with van der Waals surface area (Å²) in [6.07, 6.45) is -3.62. The van der Waals surface area contributed by atoms with Crippen LogP contribution < -0.4 is 14.8 Å². The Bertz CT molecular complexity index is 1050. The van der Waals surface area contributed by atoms with Gasteiger partial charge < -0.3 is 19.9 Å². The molecular formula is C21H17F3N2O4. The fraction of sp³-hybridized carbons (Fsp3) is 0.143. The van der Waals surface area contributed by atoms with Gasteiger partial charge in [-0.25, -0.2) is 9.78 Å². The summed E-state index contributed by atoms with van der Waals surface area (Å²) in [4.78, 5) is 15.2. The number of ether oxygens (including phenoxy) is 2. The molecule has 9 heteroatoms. The minimum Gasteiger partial charge on any atom is -0.494 e. The number of pyridine rings is 1. The van der Waals surface area contributed by atoms with E-state index in [-0.39, 0.29) is 17.1 Å². The van der Waals surface area contributed by atoms with Crippen molar-refractivity contribution >= 4 is 17.5 Å². The fourth-order valence-electron chi connectivity index (χ4n) is 2.75. The molecule has 3 rings (SSSR count). The molecule has 0 aliphatic heterocycles. The minimum absolute atomic E-state index is 0.0850. The van der Waals surface area contributed by atoms with Crippen LogP contribution in [0.25, 0.3) is 11.1 Å². The van der Waals surface area contributed by atoms with Gasteiger partial charge in [-0.3, -0.25) is 0 Å². The van der Waals surface area contributed by atoms with Crippen LogP contribution in [0.4, 0.5) is 24.7 Å². The monoisotopic (exact) mass is 418 g/mol. The topological polar surface area (TPSA) is 80.7 Å². The number of hydrogen-bond acceptors (Lipinski definition) is 5. The summed E-state index contributed by atoms with van der Waals surface area (Å²) in [7, 11) is 0. The highest BCUT2D eigenvalue weighted by Gasteiger charge is 2.32. The van der Waals surface area contributed by atoms with Crippen LogP contribution in [-0.4, -0.2) is 29.0 Å². The summed E-state index contributed by atoms with van der Waals surface area (Å²) in [5.74, 6) is -1.32. The van der Waals surface area contributed by atoms with E-state index in [1.54, 1.807) is 30.3 Å². The van der Waals surface area contributed by atoms with E-state index in [4.69, 9.17) is 4.74 Å². The van der Waals surface area contributed by atoms with Crippen molar-refractivity contribution in [2.45, 2.75) is 13.3 Å². The summed E-state index contributed by atoms with van der Waals surface area (Å²) in [6.45, 7) is 2.27. The summed E-state index contributed by atoms with van der Waals surface area (Å²) in [5, 5.41) is 11.9. The number of nitrogens with zero attached hydrogens (tertiary/aromatic N) is 1. The molecule has 2 aromatic carbocycles. The number of aromatic carboxylic acids is 1. The Balaban J connectivity index is 2.02. The Morgan fingerprint density at radius 2 is 1.87 bits per heavy atom. The number of carboxylic acid groups (broad SMARTS) is 1. The molecule has 0 fully saturated rings. The molecule has 0 amide bonds. The van der Waals surface area contributed by atoms with Gasteiger partial charge in [-0.2, -0.15) is 0 Å². The van der Waals surface area contributed by atoms with Gasteiger partial charge >= 0.3 is 12.3 Å². The number of carbonyl (C=O) groups is 1. The lowest BCUT2D eigenvalue weighted by Gasteiger charge is -2.17. The Labute approximate surface area is 169 Å². The first kappa shape index (κ1) is 21.0. The van der Waals surface area contributed by atoms with Gasteiger partial charge in [-0.05, 0) is 54.4 Å². The maximum atomic E-state index is 13.0. The molecule has 6 nitrogen and oxygen atoms in total. The lowest BCUT2D eigenvalue weighted by atomic mass is 10.0.